The highest BCUT2D eigenvalue weighted by Crippen LogP contribution is 2.17. The van der Waals surface area contributed by atoms with Gasteiger partial charge >= 0.3 is 0 Å². The molecule has 0 saturated heterocycles. The van der Waals surface area contributed by atoms with Crippen LogP contribution in [0.1, 0.15) is 17.1 Å². The van der Waals surface area contributed by atoms with E-state index >= 15 is 0 Å². The van der Waals surface area contributed by atoms with Crippen LogP contribution in [0, 0.1) is 18.3 Å². The minimum absolute atomic E-state index is 0.312. The third kappa shape index (κ3) is 2.77. The second kappa shape index (κ2) is 4.89. The van der Waals surface area contributed by atoms with E-state index in [9.17, 15) is 0 Å². The molecule has 17 heavy (non-hydrogen) atoms. The third-order valence-corrected chi connectivity index (χ3v) is 2.65. The Morgan fingerprint density at radius 2 is 2.35 bits per heavy atom. The van der Waals surface area contributed by atoms with E-state index in [-0.39, 0.29) is 0 Å². The number of nitrogens with zero attached hydrogens (tertiary/aromatic N) is 2. The van der Waals surface area contributed by atoms with E-state index in [1.807, 2.05) is 19.1 Å². The monoisotopic (exact) mass is 247 g/mol. The quantitative estimate of drug-likeness (QED) is 0.847. The number of aromatic nitrogens is 1. The van der Waals surface area contributed by atoms with Gasteiger partial charge in [-0.25, -0.2) is 4.98 Å². The molecule has 0 amide bonds. The van der Waals surface area contributed by atoms with Crippen molar-refractivity contribution in [3.8, 4) is 6.07 Å². The summed E-state index contributed by atoms with van der Waals surface area (Å²) in [5, 5.41) is 12.3. The maximum absolute atomic E-state index is 8.61. The average Bonchev–Trinajstić information content (AvgIpc) is 2.79. The Kier molecular flexibility index (Phi) is 3.31. The average molecular weight is 248 g/mol. The van der Waals surface area contributed by atoms with Crippen molar-refractivity contribution in [1.82, 2.24) is 4.98 Å². The van der Waals surface area contributed by atoms with Crippen molar-refractivity contribution in [1.29, 1.82) is 5.26 Å². The minimum atomic E-state index is 0.312. The minimum Gasteiger partial charge on any atom is -0.449 e. The summed E-state index contributed by atoms with van der Waals surface area (Å²) in [6, 6.07) is 7.25. The molecule has 0 aliphatic carbocycles. The third-order valence-electron chi connectivity index (χ3n) is 2.25. The smallest absolute Gasteiger partial charge is 0.203 e. The van der Waals surface area contributed by atoms with Gasteiger partial charge in [0.05, 0.1) is 18.4 Å². The maximum Gasteiger partial charge on any atom is 0.203 e. The molecular formula is C12H10ClN3O. The molecule has 0 atom stereocenters. The molecule has 86 valence electrons. The van der Waals surface area contributed by atoms with Crippen LogP contribution in [0.5, 0.6) is 0 Å². The van der Waals surface area contributed by atoms with Gasteiger partial charge in [-0.3, -0.25) is 0 Å². The molecule has 0 radical (unpaired) electrons. The molecule has 5 heteroatoms. The van der Waals surface area contributed by atoms with E-state index in [0.717, 1.165) is 11.3 Å². The SMILES string of the molecule is Cc1cc(NCc2ccc(C#N)o2)cnc1Cl. The number of pyridine rings is 1. The summed E-state index contributed by atoms with van der Waals surface area (Å²) < 4.78 is 5.24. The lowest BCUT2D eigenvalue weighted by molar-refractivity contribution is 0.506. The van der Waals surface area contributed by atoms with Gasteiger partial charge in [0.25, 0.3) is 0 Å². The topological polar surface area (TPSA) is 61.9 Å². The van der Waals surface area contributed by atoms with Gasteiger partial charge in [0.2, 0.25) is 5.76 Å². The van der Waals surface area contributed by atoms with Crippen molar-refractivity contribution in [3.05, 3.63) is 46.6 Å². The lowest BCUT2D eigenvalue weighted by Crippen LogP contribution is -1.99. The summed E-state index contributed by atoms with van der Waals surface area (Å²) >= 11 is 5.83. The van der Waals surface area contributed by atoms with Gasteiger partial charge in [0.15, 0.2) is 0 Å². The van der Waals surface area contributed by atoms with Crippen LogP contribution in [0.25, 0.3) is 0 Å². The second-order valence-electron chi connectivity index (χ2n) is 3.56. The first-order valence-corrected chi connectivity index (χ1v) is 5.41. The van der Waals surface area contributed by atoms with Crippen molar-refractivity contribution in [3.63, 3.8) is 0 Å². The lowest BCUT2D eigenvalue weighted by Gasteiger charge is -2.05. The first-order chi connectivity index (χ1) is 8.19. The molecule has 2 aromatic heterocycles. The van der Waals surface area contributed by atoms with Gasteiger partial charge in [-0.05, 0) is 30.7 Å². The van der Waals surface area contributed by atoms with Gasteiger partial charge in [-0.1, -0.05) is 11.6 Å². The first-order valence-electron chi connectivity index (χ1n) is 5.04. The number of halogens is 1. The highest BCUT2D eigenvalue weighted by Gasteiger charge is 2.02. The van der Waals surface area contributed by atoms with E-state index in [0.29, 0.717) is 23.2 Å². The van der Waals surface area contributed by atoms with Crippen LogP contribution in [0.3, 0.4) is 0 Å². The Labute approximate surface area is 104 Å². The number of aryl methyl sites for hydroxylation is 1. The van der Waals surface area contributed by atoms with Crippen molar-refractivity contribution in [2.45, 2.75) is 13.5 Å². The zero-order valence-corrected chi connectivity index (χ0v) is 9.95. The molecule has 1 N–H and O–H groups in total. The highest BCUT2D eigenvalue weighted by molar-refractivity contribution is 6.30. The van der Waals surface area contributed by atoms with Gasteiger partial charge < -0.3 is 9.73 Å². The number of nitriles is 1. The Hall–Kier alpha value is -1.99. The van der Waals surface area contributed by atoms with Crippen LogP contribution in [0.2, 0.25) is 5.15 Å². The van der Waals surface area contributed by atoms with Crippen LogP contribution in [-0.2, 0) is 6.54 Å². The molecule has 0 aliphatic rings. The molecule has 4 nitrogen and oxygen atoms in total. The Balaban J connectivity index is 2.02. The molecule has 2 heterocycles. The molecule has 0 aliphatic heterocycles. The predicted octanol–water partition coefficient (Wildman–Crippen LogP) is 3.12. The second-order valence-corrected chi connectivity index (χ2v) is 3.92. The molecule has 0 spiro atoms. The summed E-state index contributed by atoms with van der Waals surface area (Å²) in [5.41, 5.74) is 1.77. The Bertz CT molecular complexity index is 571. The largest absolute Gasteiger partial charge is 0.449 e. The van der Waals surface area contributed by atoms with Crippen LogP contribution in [0.4, 0.5) is 5.69 Å². The molecule has 2 aromatic rings. The highest BCUT2D eigenvalue weighted by atomic mass is 35.5. The molecule has 2 rings (SSSR count). The fraction of sp³-hybridized carbons (Fsp3) is 0.167. The normalized spacial score (nSPS) is 9.94. The first kappa shape index (κ1) is 11.5. The zero-order valence-electron chi connectivity index (χ0n) is 9.20. The zero-order chi connectivity index (χ0) is 12.3. The Morgan fingerprint density at radius 3 is 3.00 bits per heavy atom. The van der Waals surface area contributed by atoms with Gasteiger partial charge in [0.1, 0.15) is 17.0 Å². The van der Waals surface area contributed by atoms with E-state index in [1.54, 1.807) is 18.3 Å². The van der Waals surface area contributed by atoms with Crippen molar-refractivity contribution >= 4 is 17.3 Å². The Morgan fingerprint density at radius 1 is 1.53 bits per heavy atom. The van der Waals surface area contributed by atoms with Crippen LogP contribution >= 0.6 is 11.6 Å². The molecule has 0 fully saturated rings. The molecule has 0 bridgehead atoms. The number of anilines is 1. The van der Waals surface area contributed by atoms with Gasteiger partial charge in [-0.15, -0.1) is 0 Å². The number of hydrogen-bond acceptors (Lipinski definition) is 4. The number of hydrogen-bond donors (Lipinski definition) is 1. The van der Waals surface area contributed by atoms with Gasteiger partial charge in [-0.2, -0.15) is 5.26 Å². The fourth-order valence-electron chi connectivity index (χ4n) is 1.38. The number of furan rings is 1. The lowest BCUT2D eigenvalue weighted by atomic mass is 10.3. The van der Waals surface area contributed by atoms with Crippen LogP contribution in [0.15, 0.2) is 28.8 Å². The van der Waals surface area contributed by atoms with Crippen molar-refractivity contribution < 1.29 is 4.42 Å². The van der Waals surface area contributed by atoms with E-state index in [1.165, 1.54) is 0 Å². The summed E-state index contributed by atoms with van der Waals surface area (Å²) in [7, 11) is 0. The van der Waals surface area contributed by atoms with Crippen molar-refractivity contribution in [2.75, 3.05) is 5.32 Å². The molecular weight excluding hydrogens is 238 g/mol. The summed E-state index contributed by atoms with van der Waals surface area (Å²) in [4.78, 5) is 4.03. The standard InChI is InChI=1S/C12H10ClN3O/c1-8-4-9(6-16-12(8)13)15-7-11-3-2-10(5-14)17-11/h2-4,6,15H,7H2,1H3. The van der Waals surface area contributed by atoms with Crippen LogP contribution in [-0.4, -0.2) is 4.98 Å². The van der Waals surface area contributed by atoms with E-state index in [4.69, 9.17) is 21.3 Å². The van der Waals surface area contributed by atoms with Crippen LogP contribution < -0.4 is 5.32 Å². The molecule has 0 saturated carbocycles. The molecule has 0 aromatic carbocycles. The fourth-order valence-corrected chi connectivity index (χ4v) is 1.48. The summed E-state index contributed by atoms with van der Waals surface area (Å²) in [6.07, 6.45) is 1.66. The number of rotatable bonds is 3. The van der Waals surface area contributed by atoms with E-state index in [2.05, 4.69) is 10.3 Å². The van der Waals surface area contributed by atoms with Crippen molar-refractivity contribution in [2.24, 2.45) is 0 Å². The predicted molar refractivity (Wildman–Crippen MR) is 64.7 cm³/mol. The van der Waals surface area contributed by atoms with E-state index < -0.39 is 0 Å². The molecule has 0 unspecified atom stereocenters. The summed E-state index contributed by atoms with van der Waals surface area (Å²) in [5.74, 6) is 1.02. The maximum atomic E-state index is 8.61. The van der Waals surface area contributed by atoms with Gasteiger partial charge in [0, 0.05) is 0 Å². The number of nitrogens with one attached hydrogen (secondary N) is 1. The summed E-state index contributed by atoms with van der Waals surface area (Å²) in [6.45, 7) is 2.39.